The van der Waals surface area contributed by atoms with Gasteiger partial charge in [-0.2, -0.15) is 5.10 Å². The van der Waals surface area contributed by atoms with Crippen molar-refractivity contribution in [2.75, 3.05) is 18.6 Å². The van der Waals surface area contributed by atoms with Gasteiger partial charge in [0, 0.05) is 17.0 Å². The number of ether oxygens (including phenoxy) is 2. The SMILES string of the molecule is CCCOc1ccc(/C=N\Nc2nc(CC(=O)OCC)cs2)cc1[N+](=O)[O-]. The number of nitrogens with one attached hydrogen (secondary N) is 1. The third-order valence-corrected chi connectivity index (χ3v) is 3.99. The molecule has 1 aromatic carbocycles. The lowest BCUT2D eigenvalue weighted by Gasteiger charge is -2.05. The minimum absolute atomic E-state index is 0.0984. The first-order chi connectivity index (χ1) is 13.0. The van der Waals surface area contributed by atoms with Gasteiger partial charge in [0.05, 0.1) is 36.5 Å². The molecule has 27 heavy (non-hydrogen) atoms. The van der Waals surface area contributed by atoms with Gasteiger partial charge in [0.25, 0.3) is 0 Å². The highest BCUT2D eigenvalue weighted by molar-refractivity contribution is 7.13. The van der Waals surface area contributed by atoms with Crippen molar-refractivity contribution >= 4 is 34.3 Å². The van der Waals surface area contributed by atoms with E-state index >= 15 is 0 Å². The van der Waals surface area contributed by atoms with Gasteiger partial charge < -0.3 is 9.47 Å². The number of carbonyl (C=O) groups excluding carboxylic acids is 1. The number of hydrogen-bond donors (Lipinski definition) is 1. The molecule has 2 rings (SSSR count). The molecule has 0 fully saturated rings. The number of anilines is 1. The number of nitrogens with zero attached hydrogens (tertiary/aromatic N) is 3. The Kier molecular flexibility index (Phi) is 7.68. The maximum Gasteiger partial charge on any atom is 0.311 e. The summed E-state index contributed by atoms with van der Waals surface area (Å²) in [5.41, 5.74) is 3.76. The number of aromatic nitrogens is 1. The van der Waals surface area contributed by atoms with Gasteiger partial charge in [-0.1, -0.05) is 6.92 Å². The van der Waals surface area contributed by atoms with Crippen LogP contribution in [0.5, 0.6) is 5.75 Å². The first kappa shape index (κ1) is 20.3. The Balaban J connectivity index is 1.99. The molecule has 0 bridgehead atoms. The predicted octanol–water partition coefficient (Wildman–Crippen LogP) is 3.39. The van der Waals surface area contributed by atoms with Crippen LogP contribution in [0, 0.1) is 10.1 Å². The summed E-state index contributed by atoms with van der Waals surface area (Å²) < 4.78 is 10.2. The van der Waals surface area contributed by atoms with Crippen molar-refractivity contribution in [1.29, 1.82) is 0 Å². The molecule has 0 aliphatic carbocycles. The maximum absolute atomic E-state index is 11.4. The Morgan fingerprint density at radius 3 is 2.96 bits per heavy atom. The van der Waals surface area contributed by atoms with Crippen LogP contribution in [0.4, 0.5) is 10.8 Å². The summed E-state index contributed by atoms with van der Waals surface area (Å²) in [5.74, 6) is -0.106. The van der Waals surface area contributed by atoms with Crippen LogP contribution in [0.15, 0.2) is 28.7 Å². The van der Waals surface area contributed by atoms with Gasteiger partial charge in [-0.3, -0.25) is 20.3 Å². The highest BCUT2D eigenvalue weighted by Crippen LogP contribution is 2.27. The zero-order chi connectivity index (χ0) is 19.6. The molecule has 0 aliphatic heterocycles. The zero-order valence-corrected chi connectivity index (χ0v) is 15.8. The normalized spacial score (nSPS) is 10.7. The van der Waals surface area contributed by atoms with E-state index in [9.17, 15) is 14.9 Å². The first-order valence-electron chi connectivity index (χ1n) is 8.33. The van der Waals surface area contributed by atoms with Crippen LogP contribution in [-0.2, 0) is 16.0 Å². The summed E-state index contributed by atoms with van der Waals surface area (Å²) in [7, 11) is 0. The van der Waals surface area contributed by atoms with E-state index in [2.05, 4.69) is 15.5 Å². The van der Waals surface area contributed by atoms with Gasteiger partial charge in [0.15, 0.2) is 5.75 Å². The fourth-order valence-electron chi connectivity index (χ4n) is 2.05. The second kappa shape index (κ2) is 10.2. The Labute approximate surface area is 160 Å². The Morgan fingerprint density at radius 1 is 1.44 bits per heavy atom. The fraction of sp³-hybridized carbons (Fsp3) is 0.353. The number of thiazole rings is 1. The minimum Gasteiger partial charge on any atom is -0.487 e. The van der Waals surface area contributed by atoms with Crippen molar-refractivity contribution < 1.29 is 19.2 Å². The number of nitro groups is 1. The standard InChI is InChI=1S/C17H20N4O5S/c1-3-7-26-15-6-5-12(8-14(15)21(23)24)10-18-20-17-19-13(11-27-17)9-16(22)25-4-2/h5-6,8,10-11H,3-4,7,9H2,1-2H3,(H,19,20)/b18-10-. The summed E-state index contributed by atoms with van der Waals surface area (Å²) >= 11 is 1.29. The lowest BCUT2D eigenvalue weighted by atomic mass is 10.2. The molecule has 1 aromatic heterocycles. The number of esters is 1. The molecular weight excluding hydrogens is 372 g/mol. The maximum atomic E-state index is 11.4. The number of hydrogen-bond acceptors (Lipinski definition) is 9. The van der Waals surface area contributed by atoms with Crippen molar-refractivity contribution in [3.8, 4) is 5.75 Å². The highest BCUT2D eigenvalue weighted by Gasteiger charge is 2.15. The van der Waals surface area contributed by atoms with Crippen LogP contribution in [0.3, 0.4) is 0 Å². The molecule has 0 saturated heterocycles. The minimum atomic E-state index is -0.488. The van der Waals surface area contributed by atoms with E-state index in [-0.39, 0.29) is 23.8 Å². The average Bonchev–Trinajstić information content (AvgIpc) is 3.07. The molecule has 144 valence electrons. The Hall–Kier alpha value is -3.01. The van der Waals surface area contributed by atoms with Crippen molar-refractivity contribution in [3.05, 3.63) is 45.0 Å². The summed E-state index contributed by atoms with van der Waals surface area (Å²) in [5, 5.41) is 17.5. The third-order valence-electron chi connectivity index (χ3n) is 3.20. The molecule has 0 radical (unpaired) electrons. The summed E-state index contributed by atoms with van der Waals surface area (Å²) in [6.07, 6.45) is 2.31. The van der Waals surface area contributed by atoms with E-state index in [0.29, 0.717) is 29.6 Å². The quantitative estimate of drug-likeness (QED) is 0.285. The van der Waals surface area contributed by atoms with Crippen molar-refractivity contribution in [2.24, 2.45) is 5.10 Å². The monoisotopic (exact) mass is 392 g/mol. The van der Waals surface area contributed by atoms with Crippen molar-refractivity contribution in [3.63, 3.8) is 0 Å². The number of benzene rings is 1. The van der Waals surface area contributed by atoms with Crippen LogP contribution in [-0.4, -0.2) is 35.3 Å². The number of carbonyl (C=O) groups is 1. The highest BCUT2D eigenvalue weighted by atomic mass is 32.1. The predicted molar refractivity (Wildman–Crippen MR) is 103 cm³/mol. The van der Waals surface area contributed by atoms with Gasteiger partial charge in [-0.25, -0.2) is 4.98 Å². The van der Waals surface area contributed by atoms with E-state index in [1.54, 1.807) is 24.4 Å². The van der Waals surface area contributed by atoms with E-state index in [4.69, 9.17) is 9.47 Å². The van der Waals surface area contributed by atoms with Crippen LogP contribution in [0.1, 0.15) is 31.5 Å². The lowest BCUT2D eigenvalue weighted by molar-refractivity contribution is -0.385. The van der Waals surface area contributed by atoms with Crippen LogP contribution >= 0.6 is 11.3 Å². The average molecular weight is 392 g/mol. The Morgan fingerprint density at radius 2 is 2.26 bits per heavy atom. The van der Waals surface area contributed by atoms with Crippen LogP contribution in [0.2, 0.25) is 0 Å². The zero-order valence-electron chi connectivity index (χ0n) is 15.0. The van der Waals surface area contributed by atoms with E-state index in [1.165, 1.54) is 23.6 Å². The van der Waals surface area contributed by atoms with Gasteiger partial charge in [0.1, 0.15) is 0 Å². The molecule has 0 spiro atoms. The molecular formula is C17H20N4O5S. The van der Waals surface area contributed by atoms with E-state index in [0.717, 1.165) is 6.42 Å². The molecule has 9 nitrogen and oxygen atoms in total. The van der Waals surface area contributed by atoms with E-state index in [1.807, 2.05) is 6.92 Å². The molecule has 10 heteroatoms. The number of nitro benzene ring substituents is 1. The second-order valence-electron chi connectivity index (χ2n) is 5.33. The second-order valence-corrected chi connectivity index (χ2v) is 6.19. The van der Waals surface area contributed by atoms with Crippen molar-refractivity contribution in [2.45, 2.75) is 26.7 Å². The smallest absolute Gasteiger partial charge is 0.311 e. The first-order valence-corrected chi connectivity index (χ1v) is 9.21. The molecule has 0 amide bonds. The molecule has 0 aliphatic rings. The fourth-order valence-corrected chi connectivity index (χ4v) is 2.71. The molecule has 1 N–H and O–H groups in total. The van der Waals surface area contributed by atoms with Crippen LogP contribution < -0.4 is 10.2 Å². The summed E-state index contributed by atoms with van der Waals surface area (Å²) in [6, 6.07) is 4.62. The summed E-state index contributed by atoms with van der Waals surface area (Å²) in [4.78, 5) is 26.4. The van der Waals surface area contributed by atoms with Gasteiger partial charge >= 0.3 is 11.7 Å². The molecule has 2 aromatic rings. The van der Waals surface area contributed by atoms with Crippen LogP contribution in [0.25, 0.3) is 0 Å². The van der Waals surface area contributed by atoms with Gasteiger partial charge in [0.2, 0.25) is 5.13 Å². The molecule has 0 saturated carbocycles. The molecule has 0 unspecified atom stereocenters. The van der Waals surface area contributed by atoms with Gasteiger partial charge in [-0.15, -0.1) is 11.3 Å². The lowest BCUT2D eigenvalue weighted by Crippen LogP contribution is -2.07. The third kappa shape index (κ3) is 6.33. The van der Waals surface area contributed by atoms with E-state index < -0.39 is 4.92 Å². The summed E-state index contributed by atoms with van der Waals surface area (Å²) in [6.45, 7) is 4.41. The Bertz CT molecular complexity index is 821. The largest absolute Gasteiger partial charge is 0.487 e. The van der Waals surface area contributed by atoms with Gasteiger partial charge in [-0.05, 0) is 25.5 Å². The number of hydrazone groups is 1. The van der Waals surface area contributed by atoms with Crippen molar-refractivity contribution in [1.82, 2.24) is 4.98 Å². The molecule has 1 heterocycles. The molecule has 0 atom stereocenters. The number of rotatable bonds is 10. The topological polar surface area (TPSA) is 116 Å².